The summed E-state index contributed by atoms with van der Waals surface area (Å²) < 4.78 is 5.10. The van der Waals surface area contributed by atoms with Crippen LogP contribution in [0.2, 0.25) is 0 Å². The van der Waals surface area contributed by atoms with E-state index >= 15 is 0 Å². The van der Waals surface area contributed by atoms with Gasteiger partial charge in [0.1, 0.15) is 5.69 Å². The van der Waals surface area contributed by atoms with Crippen LogP contribution in [0.1, 0.15) is 12.5 Å². The summed E-state index contributed by atoms with van der Waals surface area (Å²) in [5, 5.41) is 13.8. The Morgan fingerprint density at radius 1 is 1.41 bits per heavy atom. The minimum Gasteiger partial charge on any atom is -0.449 e. The number of furan rings is 1. The quantitative estimate of drug-likeness (QED) is 0.647. The summed E-state index contributed by atoms with van der Waals surface area (Å²) in [5.41, 5.74) is 1.42. The van der Waals surface area contributed by atoms with Gasteiger partial charge >= 0.3 is 0 Å². The van der Waals surface area contributed by atoms with Crippen molar-refractivity contribution in [1.82, 2.24) is 0 Å². The van der Waals surface area contributed by atoms with Crippen molar-refractivity contribution in [1.29, 1.82) is 0 Å². The van der Waals surface area contributed by atoms with E-state index in [-0.39, 0.29) is 5.69 Å². The Kier molecular flexibility index (Phi) is 3.09. The molecule has 0 spiro atoms. The number of hydrogen-bond acceptors (Lipinski definition) is 4. The Balaban J connectivity index is 2.36. The van der Waals surface area contributed by atoms with Crippen molar-refractivity contribution in [2.75, 3.05) is 5.32 Å². The van der Waals surface area contributed by atoms with Gasteiger partial charge in [-0.05, 0) is 24.1 Å². The molecule has 0 bridgehead atoms. The molecule has 0 unspecified atom stereocenters. The summed E-state index contributed by atoms with van der Waals surface area (Å²) in [6.45, 7) is 1.96. The zero-order valence-corrected chi connectivity index (χ0v) is 9.34. The molecule has 88 valence electrons. The van der Waals surface area contributed by atoms with Crippen LogP contribution in [0.25, 0.3) is 0 Å². The van der Waals surface area contributed by atoms with Gasteiger partial charge in [-0.3, -0.25) is 10.1 Å². The fourth-order valence-electron chi connectivity index (χ4n) is 1.54. The predicted molar refractivity (Wildman–Crippen MR) is 64.5 cm³/mol. The molecule has 0 aliphatic rings. The van der Waals surface area contributed by atoms with Crippen LogP contribution in [0.15, 0.2) is 41.0 Å². The number of aryl methyl sites for hydroxylation is 1. The van der Waals surface area contributed by atoms with Crippen LogP contribution in [0, 0.1) is 10.1 Å². The number of rotatable bonds is 4. The second-order valence-corrected chi connectivity index (χ2v) is 3.56. The molecule has 0 aliphatic heterocycles. The largest absolute Gasteiger partial charge is 0.449 e. The fourth-order valence-corrected chi connectivity index (χ4v) is 1.54. The van der Waals surface area contributed by atoms with Gasteiger partial charge in [0.15, 0.2) is 5.88 Å². The number of benzene rings is 1. The van der Waals surface area contributed by atoms with E-state index in [1.807, 2.05) is 13.0 Å². The molecule has 1 aromatic heterocycles. The van der Waals surface area contributed by atoms with Gasteiger partial charge in [0.2, 0.25) is 0 Å². The first-order chi connectivity index (χ1) is 8.20. The molecule has 0 aliphatic carbocycles. The molecule has 1 aromatic carbocycles. The third-order valence-electron chi connectivity index (χ3n) is 2.45. The van der Waals surface area contributed by atoms with E-state index < -0.39 is 4.92 Å². The van der Waals surface area contributed by atoms with E-state index in [1.54, 1.807) is 24.3 Å². The average Bonchev–Trinajstić information content (AvgIpc) is 2.82. The first-order valence-electron chi connectivity index (χ1n) is 5.28. The summed E-state index contributed by atoms with van der Waals surface area (Å²) in [4.78, 5) is 10.6. The standard InChI is InChI=1S/C12H12N2O3/c1-2-9-5-6-10(11(8-9)14(15)16)13-12-4-3-7-17-12/h3-8,13H,2H2,1H3. The molecule has 1 N–H and O–H groups in total. The highest BCUT2D eigenvalue weighted by atomic mass is 16.6. The highest BCUT2D eigenvalue weighted by Crippen LogP contribution is 2.28. The van der Waals surface area contributed by atoms with Gasteiger partial charge < -0.3 is 9.73 Å². The molecule has 0 saturated carbocycles. The molecule has 2 rings (SSSR count). The highest BCUT2D eigenvalue weighted by molar-refractivity contribution is 5.67. The van der Waals surface area contributed by atoms with Gasteiger partial charge in [0.05, 0.1) is 11.2 Å². The van der Waals surface area contributed by atoms with Crippen LogP contribution in [-0.2, 0) is 6.42 Å². The van der Waals surface area contributed by atoms with Gasteiger partial charge in [-0.25, -0.2) is 0 Å². The highest BCUT2D eigenvalue weighted by Gasteiger charge is 2.14. The summed E-state index contributed by atoms with van der Waals surface area (Å²) in [6.07, 6.45) is 2.27. The Labute approximate surface area is 98.2 Å². The van der Waals surface area contributed by atoms with Crippen molar-refractivity contribution in [3.8, 4) is 0 Å². The Morgan fingerprint density at radius 3 is 2.82 bits per heavy atom. The van der Waals surface area contributed by atoms with Crippen molar-refractivity contribution in [2.24, 2.45) is 0 Å². The second-order valence-electron chi connectivity index (χ2n) is 3.56. The van der Waals surface area contributed by atoms with Gasteiger partial charge in [-0.15, -0.1) is 0 Å². The van der Waals surface area contributed by atoms with Crippen molar-refractivity contribution in [3.63, 3.8) is 0 Å². The van der Waals surface area contributed by atoms with Crippen LogP contribution < -0.4 is 5.32 Å². The van der Waals surface area contributed by atoms with E-state index in [9.17, 15) is 10.1 Å². The van der Waals surface area contributed by atoms with E-state index in [4.69, 9.17) is 4.42 Å². The third kappa shape index (κ3) is 2.44. The van der Waals surface area contributed by atoms with Gasteiger partial charge in [-0.2, -0.15) is 0 Å². The van der Waals surface area contributed by atoms with Gasteiger partial charge in [0, 0.05) is 12.1 Å². The van der Waals surface area contributed by atoms with Gasteiger partial charge in [0.25, 0.3) is 5.69 Å². The number of nitro benzene ring substituents is 1. The summed E-state index contributed by atoms with van der Waals surface area (Å²) in [6, 6.07) is 8.55. The maximum atomic E-state index is 11.0. The lowest BCUT2D eigenvalue weighted by atomic mass is 10.1. The predicted octanol–water partition coefficient (Wildman–Crippen LogP) is 3.49. The molecule has 1 heterocycles. The zero-order chi connectivity index (χ0) is 12.3. The number of nitro groups is 1. The molecule has 17 heavy (non-hydrogen) atoms. The molecule has 0 radical (unpaired) electrons. The lowest BCUT2D eigenvalue weighted by Crippen LogP contribution is -1.97. The van der Waals surface area contributed by atoms with Crippen LogP contribution in [0.5, 0.6) is 0 Å². The van der Waals surface area contributed by atoms with Crippen LogP contribution in [0.4, 0.5) is 17.3 Å². The first-order valence-corrected chi connectivity index (χ1v) is 5.28. The molecule has 0 fully saturated rings. The first kappa shape index (κ1) is 11.2. The average molecular weight is 232 g/mol. The number of nitrogens with zero attached hydrogens (tertiary/aromatic N) is 1. The molecule has 5 heteroatoms. The monoisotopic (exact) mass is 232 g/mol. The van der Waals surface area contributed by atoms with E-state index in [0.29, 0.717) is 11.6 Å². The molecule has 0 atom stereocenters. The maximum Gasteiger partial charge on any atom is 0.293 e. The van der Waals surface area contributed by atoms with E-state index in [0.717, 1.165) is 12.0 Å². The number of nitrogens with one attached hydrogen (secondary N) is 1. The minimum atomic E-state index is -0.398. The molecule has 2 aromatic rings. The Bertz CT molecular complexity index is 521. The van der Waals surface area contributed by atoms with Crippen molar-refractivity contribution < 1.29 is 9.34 Å². The van der Waals surface area contributed by atoms with Crippen LogP contribution >= 0.6 is 0 Å². The fraction of sp³-hybridized carbons (Fsp3) is 0.167. The summed E-state index contributed by atoms with van der Waals surface area (Å²) in [7, 11) is 0. The minimum absolute atomic E-state index is 0.0563. The maximum absolute atomic E-state index is 11.0. The molecular weight excluding hydrogens is 220 g/mol. The molecule has 0 amide bonds. The summed E-state index contributed by atoms with van der Waals surface area (Å²) in [5.74, 6) is 0.484. The normalized spacial score (nSPS) is 10.2. The van der Waals surface area contributed by atoms with Gasteiger partial charge in [-0.1, -0.05) is 13.0 Å². The van der Waals surface area contributed by atoms with E-state index in [2.05, 4.69) is 5.32 Å². The Morgan fingerprint density at radius 2 is 2.24 bits per heavy atom. The number of hydrogen-bond donors (Lipinski definition) is 1. The van der Waals surface area contributed by atoms with E-state index in [1.165, 1.54) is 6.26 Å². The van der Waals surface area contributed by atoms with Crippen molar-refractivity contribution >= 4 is 17.3 Å². The SMILES string of the molecule is CCc1ccc(Nc2ccco2)c([N+](=O)[O-])c1. The molecule has 0 saturated heterocycles. The van der Waals surface area contributed by atoms with Crippen molar-refractivity contribution in [3.05, 3.63) is 52.3 Å². The third-order valence-corrected chi connectivity index (χ3v) is 2.45. The lowest BCUT2D eigenvalue weighted by Gasteiger charge is -2.05. The number of anilines is 2. The smallest absolute Gasteiger partial charge is 0.293 e. The summed E-state index contributed by atoms with van der Waals surface area (Å²) >= 11 is 0. The van der Waals surface area contributed by atoms with Crippen molar-refractivity contribution in [2.45, 2.75) is 13.3 Å². The van der Waals surface area contributed by atoms with Crippen LogP contribution in [-0.4, -0.2) is 4.92 Å². The molecule has 5 nitrogen and oxygen atoms in total. The van der Waals surface area contributed by atoms with Crippen LogP contribution in [0.3, 0.4) is 0 Å². The second kappa shape index (κ2) is 4.69. The topological polar surface area (TPSA) is 68.3 Å². The Hall–Kier alpha value is -2.30. The lowest BCUT2D eigenvalue weighted by molar-refractivity contribution is -0.384. The molecular formula is C12H12N2O3. The zero-order valence-electron chi connectivity index (χ0n) is 9.34.